The molecule has 0 saturated carbocycles. The van der Waals surface area contributed by atoms with Crippen molar-refractivity contribution in [3.05, 3.63) is 28.2 Å². The van der Waals surface area contributed by atoms with Crippen molar-refractivity contribution in [3.63, 3.8) is 0 Å². The summed E-state index contributed by atoms with van der Waals surface area (Å²) in [5.41, 5.74) is 1.34. The fraction of sp³-hybridized carbons (Fsp3) is 0.455. The Morgan fingerprint density at radius 3 is 2.64 bits per heavy atom. The highest BCUT2D eigenvalue weighted by molar-refractivity contribution is 9.10. The van der Waals surface area contributed by atoms with Crippen molar-refractivity contribution in [3.8, 4) is 5.75 Å². The minimum absolute atomic E-state index is 0.120. The zero-order valence-corrected chi connectivity index (χ0v) is 9.93. The molecule has 1 saturated heterocycles. The molecule has 0 spiro atoms. The predicted octanol–water partition coefficient (Wildman–Crippen LogP) is 2.75. The van der Waals surface area contributed by atoms with Gasteiger partial charge in [-0.1, -0.05) is 22.9 Å². The highest BCUT2D eigenvalue weighted by Crippen LogP contribution is 2.38. The maximum Gasteiger partial charge on any atom is 0.122 e. The van der Waals surface area contributed by atoms with Gasteiger partial charge in [0.15, 0.2) is 0 Å². The molecule has 0 atom stereocenters. The van der Waals surface area contributed by atoms with Crippen LogP contribution >= 0.6 is 15.9 Å². The zero-order chi connectivity index (χ0) is 10.2. The second kappa shape index (κ2) is 3.55. The molecule has 0 aliphatic carbocycles. The summed E-state index contributed by atoms with van der Waals surface area (Å²) < 4.78 is 11.7. The van der Waals surface area contributed by atoms with E-state index >= 15 is 0 Å². The summed E-state index contributed by atoms with van der Waals surface area (Å²) in [6, 6.07) is 6.09. The number of methoxy groups -OCH3 is 1. The van der Waals surface area contributed by atoms with Crippen molar-refractivity contribution >= 4 is 15.9 Å². The minimum Gasteiger partial charge on any atom is -0.496 e. The average Bonchev–Trinajstić information content (AvgIpc) is 2.14. The molecular weight excluding hydrogens is 244 g/mol. The fourth-order valence-corrected chi connectivity index (χ4v) is 2.08. The lowest BCUT2D eigenvalue weighted by atomic mass is 9.80. The van der Waals surface area contributed by atoms with Crippen LogP contribution in [0.1, 0.15) is 12.5 Å². The lowest BCUT2D eigenvalue weighted by Crippen LogP contribution is -2.44. The third-order valence-electron chi connectivity index (χ3n) is 2.65. The second-order valence-corrected chi connectivity index (χ2v) is 4.81. The first kappa shape index (κ1) is 9.99. The quantitative estimate of drug-likeness (QED) is 0.811. The molecule has 14 heavy (non-hydrogen) atoms. The van der Waals surface area contributed by atoms with Crippen molar-refractivity contribution in [2.75, 3.05) is 20.3 Å². The van der Waals surface area contributed by atoms with Crippen LogP contribution in [0.5, 0.6) is 5.75 Å². The van der Waals surface area contributed by atoms with Crippen LogP contribution in [0.2, 0.25) is 0 Å². The maximum absolute atomic E-state index is 5.35. The van der Waals surface area contributed by atoms with Crippen LogP contribution in [-0.4, -0.2) is 20.3 Å². The number of hydrogen-bond acceptors (Lipinski definition) is 2. The number of rotatable bonds is 2. The van der Waals surface area contributed by atoms with Crippen LogP contribution in [-0.2, 0) is 10.2 Å². The van der Waals surface area contributed by atoms with Crippen LogP contribution in [0.25, 0.3) is 0 Å². The second-order valence-electron chi connectivity index (χ2n) is 3.90. The van der Waals surface area contributed by atoms with Crippen molar-refractivity contribution in [2.45, 2.75) is 12.3 Å². The van der Waals surface area contributed by atoms with Gasteiger partial charge in [0.1, 0.15) is 5.75 Å². The Kier molecular flexibility index (Phi) is 2.54. The Hall–Kier alpha value is -0.540. The highest BCUT2D eigenvalue weighted by atomic mass is 79.9. The lowest BCUT2D eigenvalue weighted by molar-refractivity contribution is -0.0509. The molecule has 0 N–H and O–H groups in total. The monoisotopic (exact) mass is 256 g/mol. The van der Waals surface area contributed by atoms with Crippen LogP contribution in [0.3, 0.4) is 0 Å². The van der Waals surface area contributed by atoms with E-state index in [-0.39, 0.29) is 5.41 Å². The first-order chi connectivity index (χ1) is 6.65. The summed E-state index contributed by atoms with van der Waals surface area (Å²) in [4.78, 5) is 0. The predicted molar refractivity (Wildman–Crippen MR) is 58.9 cm³/mol. The van der Waals surface area contributed by atoms with Gasteiger partial charge in [0.25, 0.3) is 0 Å². The van der Waals surface area contributed by atoms with Crippen LogP contribution in [0, 0.1) is 0 Å². The fourth-order valence-electron chi connectivity index (χ4n) is 1.72. The van der Waals surface area contributed by atoms with Gasteiger partial charge in [0.05, 0.1) is 20.3 Å². The average molecular weight is 257 g/mol. The molecule has 1 aromatic rings. The van der Waals surface area contributed by atoms with Crippen molar-refractivity contribution in [2.24, 2.45) is 0 Å². The Balaban J connectivity index is 2.43. The molecule has 2 rings (SSSR count). The van der Waals surface area contributed by atoms with Gasteiger partial charge in [0, 0.05) is 15.5 Å². The summed E-state index contributed by atoms with van der Waals surface area (Å²) in [6.45, 7) is 3.75. The highest BCUT2D eigenvalue weighted by Gasteiger charge is 2.37. The topological polar surface area (TPSA) is 18.5 Å². The SMILES string of the molecule is COc1ccc(Br)cc1C1(C)COC1. The van der Waals surface area contributed by atoms with Crippen molar-refractivity contribution in [1.82, 2.24) is 0 Å². The number of benzene rings is 1. The Bertz CT molecular complexity index is 345. The largest absolute Gasteiger partial charge is 0.496 e. The smallest absolute Gasteiger partial charge is 0.122 e. The van der Waals surface area contributed by atoms with Gasteiger partial charge in [-0.2, -0.15) is 0 Å². The summed E-state index contributed by atoms with van der Waals surface area (Å²) in [7, 11) is 1.70. The Labute approximate surface area is 92.3 Å². The normalized spacial score (nSPS) is 18.8. The van der Waals surface area contributed by atoms with E-state index in [1.54, 1.807) is 7.11 Å². The molecule has 1 aromatic carbocycles. The molecule has 1 heterocycles. The first-order valence-corrected chi connectivity index (χ1v) is 5.37. The molecule has 1 fully saturated rings. The summed E-state index contributed by atoms with van der Waals surface area (Å²) in [5, 5.41) is 0. The summed E-state index contributed by atoms with van der Waals surface area (Å²) >= 11 is 3.47. The molecular formula is C11H13BrO2. The minimum atomic E-state index is 0.120. The van der Waals surface area contributed by atoms with Crippen molar-refractivity contribution < 1.29 is 9.47 Å². The molecule has 1 aliphatic heterocycles. The zero-order valence-electron chi connectivity index (χ0n) is 8.34. The Morgan fingerprint density at radius 2 is 2.14 bits per heavy atom. The molecule has 76 valence electrons. The molecule has 0 amide bonds. The number of hydrogen-bond donors (Lipinski definition) is 0. The van der Waals surface area contributed by atoms with Gasteiger partial charge in [-0.3, -0.25) is 0 Å². The molecule has 2 nitrogen and oxygen atoms in total. The third-order valence-corrected chi connectivity index (χ3v) is 3.15. The molecule has 1 aliphatic rings. The third kappa shape index (κ3) is 1.55. The summed E-state index contributed by atoms with van der Waals surface area (Å²) in [6.07, 6.45) is 0. The molecule has 0 bridgehead atoms. The first-order valence-electron chi connectivity index (χ1n) is 4.57. The standard InChI is InChI=1S/C11H13BrO2/c1-11(6-14-7-11)9-5-8(12)3-4-10(9)13-2/h3-5H,6-7H2,1-2H3. The Morgan fingerprint density at radius 1 is 1.43 bits per heavy atom. The molecule has 0 radical (unpaired) electrons. The lowest BCUT2D eigenvalue weighted by Gasteiger charge is -2.39. The van der Waals surface area contributed by atoms with Gasteiger partial charge in [-0.05, 0) is 18.2 Å². The van der Waals surface area contributed by atoms with E-state index in [1.165, 1.54) is 5.56 Å². The van der Waals surface area contributed by atoms with Crippen LogP contribution < -0.4 is 4.74 Å². The van der Waals surface area contributed by atoms with Gasteiger partial charge >= 0.3 is 0 Å². The van der Waals surface area contributed by atoms with E-state index in [4.69, 9.17) is 9.47 Å². The van der Waals surface area contributed by atoms with E-state index in [1.807, 2.05) is 12.1 Å². The van der Waals surface area contributed by atoms with Crippen LogP contribution in [0.4, 0.5) is 0 Å². The molecule has 0 unspecified atom stereocenters. The van der Waals surface area contributed by atoms with E-state index in [0.717, 1.165) is 23.4 Å². The van der Waals surface area contributed by atoms with Crippen LogP contribution in [0.15, 0.2) is 22.7 Å². The van der Waals surface area contributed by atoms with E-state index in [9.17, 15) is 0 Å². The molecule has 3 heteroatoms. The van der Waals surface area contributed by atoms with Gasteiger partial charge in [-0.25, -0.2) is 0 Å². The summed E-state index contributed by atoms with van der Waals surface area (Å²) in [5.74, 6) is 0.944. The van der Waals surface area contributed by atoms with Crippen molar-refractivity contribution in [1.29, 1.82) is 0 Å². The molecule has 0 aromatic heterocycles. The maximum atomic E-state index is 5.35. The van der Waals surface area contributed by atoms with E-state index < -0.39 is 0 Å². The van der Waals surface area contributed by atoms with E-state index in [0.29, 0.717) is 0 Å². The number of ether oxygens (including phenoxy) is 2. The van der Waals surface area contributed by atoms with Gasteiger partial charge in [0.2, 0.25) is 0 Å². The number of halogens is 1. The van der Waals surface area contributed by atoms with Gasteiger partial charge in [-0.15, -0.1) is 0 Å². The van der Waals surface area contributed by atoms with E-state index in [2.05, 4.69) is 28.9 Å². The van der Waals surface area contributed by atoms with Gasteiger partial charge < -0.3 is 9.47 Å².